The number of hydrogen-bond acceptors (Lipinski definition) is 6. The normalized spacial score (nSPS) is 14.1. The quantitative estimate of drug-likeness (QED) is 0.255. The van der Waals surface area contributed by atoms with Crippen molar-refractivity contribution in [3.05, 3.63) is 76.4 Å². The lowest BCUT2D eigenvalue weighted by Crippen LogP contribution is -2.47. The smallest absolute Gasteiger partial charge is 0.368 e. The number of para-hydroxylation sites is 1. The molecular formula is C25H25ClF3N5OS. The molecule has 3 aromatic rings. The molecule has 2 aromatic carbocycles. The fourth-order valence-electron chi connectivity index (χ4n) is 3.95. The number of nitrogens with zero attached hydrogens (tertiary/aromatic N) is 4. The molecule has 2 heterocycles. The lowest BCUT2D eigenvalue weighted by atomic mass is 10.1. The van der Waals surface area contributed by atoms with Crippen molar-refractivity contribution in [2.24, 2.45) is 0 Å². The van der Waals surface area contributed by atoms with Crippen LogP contribution in [0.1, 0.15) is 16.7 Å². The highest BCUT2D eigenvalue weighted by molar-refractivity contribution is 7.99. The average molecular weight is 536 g/mol. The van der Waals surface area contributed by atoms with E-state index in [1.807, 2.05) is 12.1 Å². The van der Waals surface area contributed by atoms with E-state index in [1.54, 1.807) is 6.07 Å². The van der Waals surface area contributed by atoms with Crippen molar-refractivity contribution < 1.29 is 18.0 Å². The number of carbonyl (C=O) groups excluding carboxylic acids is 1. The second-order valence-electron chi connectivity index (χ2n) is 8.36. The molecule has 0 atom stereocenters. The molecule has 1 N–H and O–H groups in total. The predicted octanol–water partition coefficient (Wildman–Crippen LogP) is 5.19. The number of rotatable bonds is 7. The van der Waals surface area contributed by atoms with Gasteiger partial charge in [-0.1, -0.05) is 53.7 Å². The van der Waals surface area contributed by atoms with E-state index in [4.69, 9.17) is 11.6 Å². The number of aromatic nitrogens is 2. The Morgan fingerprint density at radius 3 is 2.47 bits per heavy atom. The second-order valence-corrected chi connectivity index (χ2v) is 9.69. The summed E-state index contributed by atoms with van der Waals surface area (Å²) in [6.45, 7) is 5.31. The molecule has 1 aliphatic rings. The third-order valence-electron chi connectivity index (χ3n) is 5.80. The largest absolute Gasteiger partial charge is 0.416 e. The second kappa shape index (κ2) is 11.4. The van der Waals surface area contributed by atoms with Crippen LogP contribution in [0.4, 0.5) is 24.7 Å². The summed E-state index contributed by atoms with van der Waals surface area (Å²) in [5.74, 6) is 0.375. The number of aryl methyl sites for hydroxylation is 1. The zero-order chi connectivity index (χ0) is 25.7. The minimum absolute atomic E-state index is 0.00384. The number of carbonyl (C=O) groups is 1. The number of benzene rings is 2. The van der Waals surface area contributed by atoms with Gasteiger partial charge in [-0.25, -0.2) is 9.97 Å². The van der Waals surface area contributed by atoms with Crippen molar-refractivity contribution in [2.45, 2.75) is 24.8 Å². The van der Waals surface area contributed by atoms with Crippen molar-refractivity contribution in [2.75, 3.05) is 41.7 Å². The molecule has 190 valence electrons. The third kappa shape index (κ3) is 6.82. The van der Waals surface area contributed by atoms with Gasteiger partial charge in [-0.3, -0.25) is 4.79 Å². The number of alkyl halides is 3. The van der Waals surface area contributed by atoms with Gasteiger partial charge in [0.15, 0.2) is 5.16 Å². The maximum Gasteiger partial charge on any atom is 0.416 e. The van der Waals surface area contributed by atoms with E-state index >= 15 is 0 Å². The molecule has 1 saturated heterocycles. The van der Waals surface area contributed by atoms with Crippen LogP contribution in [0.3, 0.4) is 0 Å². The molecule has 6 nitrogen and oxygen atoms in total. The maximum atomic E-state index is 12.9. The van der Waals surface area contributed by atoms with Gasteiger partial charge in [-0.05, 0) is 36.2 Å². The van der Waals surface area contributed by atoms with Crippen LogP contribution in [0.15, 0.2) is 59.8 Å². The summed E-state index contributed by atoms with van der Waals surface area (Å²) in [6, 6.07) is 14.9. The zero-order valence-corrected chi connectivity index (χ0v) is 21.1. The van der Waals surface area contributed by atoms with Crippen molar-refractivity contribution in [1.82, 2.24) is 15.3 Å². The fraction of sp³-hybridized carbons (Fsp3) is 0.320. The highest BCUT2D eigenvalue weighted by Gasteiger charge is 2.30. The number of thioether (sulfide) groups is 1. The third-order valence-corrected chi connectivity index (χ3v) is 6.84. The van der Waals surface area contributed by atoms with E-state index in [0.717, 1.165) is 50.1 Å². The van der Waals surface area contributed by atoms with Crippen molar-refractivity contribution >= 4 is 40.8 Å². The molecule has 0 bridgehead atoms. The highest BCUT2D eigenvalue weighted by Crippen LogP contribution is 2.29. The molecule has 1 fully saturated rings. The summed E-state index contributed by atoms with van der Waals surface area (Å²) in [5, 5.41) is 3.29. The molecule has 1 aromatic heterocycles. The first-order valence-corrected chi connectivity index (χ1v) is 12.7. The van der Waals surface area contributed by atoms with Gasteiger partial charge in [0, 0.05) is 44.5 Å². The van der Waals surface area contributed by atoms with E-state index in [2.05, 4.69) is 44.1 Å². The number of nitrogens with one attached hydrogen (secondary N) is 1. The molecule has 4 rings (SSSR count). The molecule has 11 heteroatoms. The average Bonchev–Trinajstić information content (AvgIpc) is 2.86. The Labute approximate surface area is 216 Å². The van der Waals surface area contributed by atoms with Crippen LogP contribution < -0.4 is 15.1 Å². The summed E-state index contributed by atoms with van der Waals surface area (Å²) < 4.78 is 38.6. The van der Waals surface area contributed by atoms with Crippen LogP contribution in [0.5, 0.6) is 0 Å². The molecule has 0 spiro atoms. The van der Waals surface area contributed by atoms with Gasteiger partial charge in [0.25, 0.3) is 0 Å². The SMILES string of the molecule is Cc1ccccc1N1CCN(c2cc(Cl)nc(SCC(=O)NCc3cccc(C(F)(F)F)c3)n2)CC1. The Kier molecular flexibility index (Phi) is 8.25. The van der Waals surface area contributed by atoms with E-state index in [9.17, 15) is 18.0 Å². The Morgan fingerprint density at radius 1 is 1.03 bits per heavy atom. The predicted molar refractivity (Wildman–Crippen MR) is 137 cm³/mol. The van der Waals surface area contributed by atoms with Gasteiger partial charge in [-0.2, -0.15) is 13.2 Å². The summed E-state index contributed by atoms with van der Waals surface area (Å²) >= 11 is 7.36. The van der Waals surface area contributed by atoms with E-state index < -0.39 is 11.7 Å². The van der Waals surface area contributed by atoms with Gasteiger partial charge in [0.2, 0.25) is 5.91 Å². The number of hydrogen-bond donors (Lipinski definition) is 1. The molecular weight excluding hydrogens is 511 g/mol. The molecule has 0 unspecified atom stereocenters. The van der Waals surface area contributed by atoms with Gasteiger partial charge < -0.3 is 15.1 Å². The van der Waals surface area contributed by atoms with Crippen LogP contribution in [0.2, 0.25) is 5.15 Å². The minimum Gasteiger partial charge on any atom is -0.368 e. The van der Waals surface area contributed by atoms with Gasteiger partial charge >= 0.3 is 6.18 Å². The Bertz CT molecular complexity index is 1220. The van der Waals surface area contributed by atoms with Gasteiger partial charge in [0.1, 0.15) is 11.0 Å². The van der Waals surface area contributed by atoms with Gasteiger partial charge in [-0.15, -0.1) is 0 Å². The van der Waals surface area contributed by atoms with Crippen LogP contribution >= 0.6 is 23.4 Å². The first kappa shape index (κ1) is 26.1. The Hall–Kier alpha value is -2.98. The summed E-state index contributed by atoms with van der Waals surface area (Å²) in [7, 11) is 0. The van der Waals surface area contributed by atoms with Crippen LogP contribution in [0, 0.1) is 6.92 Å². The number of amides is 1. The van der Waals surface area contributed by atoms with Crippen molar-refractivity contribution in [3.8, 4) is 0 Å². The molecule has 0 radical (unpaired) electrons. The summed E-state index contributed by atoms with van der Waals surface area (Å²) in [4.78, 5) is 25.5. The summed E-state index contributed by atoms with van der Waals surface area (Å²) in [5.41, 5.74) is 2.09. The highest BCUT2D eigenvalue weighted by atomic mass is 35.5. The molecule has 36 heavy (non-hydrogen) atoms. The molecule has 1 aliphatic heterocycles. The standard InChI is InChI=1S/C25H25ClF3N5OS/c1-17-5-2-3-8-20(17)33-9-11-34(12-10-33)22-14-21(26)31-24(32-22)36-16-23(35)30-15-18-6-4-7-19(13-18)25(27,28)29/h2-8,13-14H,9-12,15-16H2,1H3,(H,30,35). The minimum atomic E-state index is -4.43. The first-order valence-electron chi connectivity index (χ1n) is 11.3. The number of halogens is 4. The van der Waals surface area contributed by atoms with Crippen molar-refractivity contribution in [1.29, 1.82) is 0 Å². The lowest BCUT2D eigenvalue weighted by Gasteiger charge is -2.37. The maximum absolute atomic E-state index is 12.9. The molecule has 1 amide bonds. The Balaban J connectivity index is 1.30. The topological polar surface area (TPSA) is 61.4 Å². The van der Waals surface area contributed by atoms with Crippen molar-refractivity contribution in [3.63, 3.8) is 0 Å². The van der Waals surface area contributed by atoms with Crippen LogP contribution in [-0.4, -0.2) is 47.8 Å². The van der Waals surface area contributed by atoms with Gasteiger partial charge in [0.05, 0.1) is 11.3 Å². The lowest BCUT2D eigenvalue weighted by molar-refractivity contribution is -0.137. The monoisotopic (exact) mass is 535 g/mol. The number of anilines is 2. The molecule has 0 aliphatic carbocycles. The number of piperazine rings is 1. The summed E-state index contributed by atoms with van der Waals surface area (Å²) in [6.07, 6.45) is -4.43. The zero-order valence-electron chi connectivity index (χ0n) is 19.6. The van der Waals surface area contributed by atoms with E-state index in [0.29, 0.717) is 16.5 Å². The van der Waals surface area contributed by atoms with Crippen LogP contribution in [0.25, 0.3) is 0 Å². The van der Waals surface area contributed by atoms with E-state index in [1.165, 1.54) is 23.4 Å². The molecule has 0 saturated carbocycles. The first-order chi connectivity index (χ1) is 17.2. The fourth-order valence-corrected chi connectivity index (χ4v) is 4.86. The van der Waals surface area contributed by atoms with E-state index in [-0.39, 0.29) is 23.4 Å². The Morgan fingerprint density at radius 2 is 1.75 bits per heavy atom. The van der Waals surface area contributed by atoms with Crippen LogP contribution in [-0.2, 0) is 17.5 Å².